The summed E-state index contributed by atoms with van der Waals surface area (Å²) < 4.78 is 36.0. The number of halogens is 1. The zero-order valence-electron chi connectivity index (χ0n) is 10.4. The van der Waals surface area contributed by atoms with Crippen LogP contribution < -0.4 is 10.5 Å². The monoisotopic (exact) mass is 314 g/mol. The van der Waals surface area contributed by atoms with Crippen LogP contribution in [0, 0.1) is 12.7 Å². The number of anilines is 1. The summed E-state index contributed by atoms with van der Waals surface area (Å²) in [5.41, 5.74) is -0.229. The second-order valence-electron chi connectivity index (χ2n) is 4.05. The number of nitrogens with two attached hydrogens (primary N) is 1. The van der Waals surface area contributed by atoms with Crippen LogP contribution in [0.15, 0.2) is 35.2 Å². The van der Waals surface area contributed by atoms with Crippen LogP contribution in [0.2, 0.25) is 0 Å². The first-order valence-corrected chi connectivity index (χ1v) is 7.84. The molecule has 0 atom stereocenters. The number of rotatable bonds is 3. The van der Waals surface area contributed by atoms with Gasteiger partial charge < -0.3 is 5.32 Å². The quantitative estimate of drug-likeness (QED) is 0.909. The molecule has 0 radical (unpaired) electrons. The minimum atomic E-state index is -3.95. The fourth-order valence-corrected chi connectivity index (χ4v) is 2.82. The highest BCUT2D eigenvalue weighted by Gasteiger charge is 2.15. The molecule has 0 saturated carbocycles. The van der Waals surface area contributed by atoms with Crippen molar-refractivity contribution < 1.29 is 17.6 Å². The van der Waals surface area contributed by atoms with Crippen LogP contribution in [-0.2, 0) is 10.0 Å². The van der Waals surface area contributed by atoms with E-state index in [2.05, 4.69) is 5.32 Å². The zero-order chi connectivity index (χ0) is 14.9. The number of carbonyl (C=O) groups excluding carboxylic acids is 1. The van der Waals surface area contributed by atoms with Crippen LogP contribution in [-0.4, -0.2) is 14.3 Å². The van der Waals surface area contributed by atoms with Crippen LogP contribution in [0.3, 0.4) is 0 Å². The number of thiophene rings is 1. The molecule has 2 aromatic rings. The number of hydrogen-bond acceptors (Lipinski definition) is 4. The van der Waals surface area contributed by atoms with Gasteiger partial charge in [0.1, 0.15) is 5.82 Å². The molecule has 8 heteroatoms. The minimum Gasteiger partial charge on any atom is -0.319 e. The van der Waals surface area contributed by atoms with E-state index >= 15 is 0 Å². The molecule has 1 amide bonds. The van der Waals surface area contributed by atoms with E-state index in [1.807, 2.05) is 6.92 Å². The number of sulfonamides is 1. The van der Waals surface area contributed by atoms with E-state index in [1.165, 1.54) is 11.3 Å². The lowest BCUT2D eigenvalue weighted by molar-refractivity contribution is 0.103. The second kappa shape index (κ2) is 5.31. The Kier molecular flexibility index (Phi) is 3.89. The third-order valence-electron chi connectivity index (χ3n) is 2.48. The molecule has 2 rings (SSSR count). The molecule has 0 fully saturated rings. The van der Waals surface area contributed by atoms with Gasteiger partial charge in [0.25, 0.3) is 5.91 Å². The third kappa shape index (κ3) is 3.21. The van der Waals surface area contributed by atoms with Gasteiger partial charge in [-0.2, -0.15) is 0 Å². The molecule has 0 unspecified atom stereocenters. The molecule has 0 aliphatic heterocycles. The summed E-state index contributed by atoms with van der Waals surface area (Å²) in [6.07, 6.45) is 0. The molecule has 1 aromatic carbocycles. The second-order valence-corrected chi connectivity index (χ2v) is 6.90. The molecule has 0 bridgehead atoms. The molecule has 0 spiro atoms. The predicted octanol–water partition coefficient (Wildman–Crippen LogP) is 2.10. The molecule has 0 aliphatic carbocycles. The molecule has 0 saturated heterocycles. The average Bonchev–Trinajstić information content (AvgIpc) is 2.77. The largest absolute Gasteiger partial charge is 0.319 e. The maximum atomic E-state index is 13.6. The summed E-state index contributed by atoms with van der Waals surface area (Å²) >= 11 is 1.25. The summed E-state index contributed by atoms with van der Waals surface area (Å²) in [5, 5.41) is 7.29. The molecular weight excluding hydrogens is 303 g/mol. The van der Waals surface area contributed by atoms with E-state index in [0.717, 1.165) is 23.1 Å². The molecule has 0 aliphatic rings. The Morgan fingerprint density at radius 3 is 2.55 bits per heavy atom. The summed E-state index contributed by atoms with van der Waals surface area (Å²) in [6.45, 7) is 1.84. The summed E-state index contributed by atoms with van der Waals surface area (Å²) in [5.74, 6) is -1.24. The van der Waals surface area contributed by atoms with Gasteiger partial charge in [0, 0.05) is 4.88 Å². The summed E-state index contributed by atoms with van der Waals surface area (Å²) in [4.78, 5) is 13.0. The Balaban J connectivity index is 2.31. The van der Waals surface area contributed by atoms with E-state index in [-0.39, 0.29) is 10.6 Å². The Morgan fingerprint density at radius 1 is 1.30 bits per heavy atom. The van der Waals surface area contributed by atoms with E-state index in [0.29, 0.717) is 4.88 Å². The number of primary sulfonamides is 1. The lowest BCUT2D eigenvalue weighted by atomic mass is 10.3. The van der Waals surface area contributed by atoms with Crippen molar-refractivity contribution in [2.75, 3.05) is 5.32 Å². The topological polar surface area (TPSA) is 89.3 Å². The van der Waals surface area contributed by atoms with Gasteiger partial charge >= 0.3 is 0 Å². The van der Waals surface area contributed by atoms with Gasteiger partial charge in [-0.1, -0.05) is 0 Å². The van der Waals surface area contributed by atoms with Gasteiger partial charge in [-0.3, -0.25) is 4.79 Å². The minimum absolute atomic E-state index is 0.229. The average molecular weight is 314 g/mol. The molecule has 20 heavy (non-hydrogen) atoms. The Morgan fingerprint density at radius 2 is 2.00 bits per heavy atom. The van der Waals surface area contributed by atoms with Crippen molar-refractivity contribution >= 4 is 33.0 Å². The van der Waals surface area contributed by atoms with Gasteiger partial charge in [0.15, 0.2) is 0 Å². The highest BCUT2D eigenvalue weighted by atomic mass is 32.2. The zero-order valence-corrected chi connectivity index (χ0v) is 12.0. The fourth-order valence-electron chi connectivity index (χ4n) is 1.52. The first-order valence-electron chi connectivity index (χ1n) is 5.47. The normalized spacial score (nSPS) is 11.3. The molecule has 106 valence electrons. The van der Waals surface area contributed by atoms with E-state index in [1.54, 1.807) is 12.1 Å². The van der Waals surface area contributed by atoms with Crippen molar-refractivity contribution in [1.29, 1.82) is 0 Å². The molecule has 1 heterocycles. The predicted molar refractivity (Wildman–Crippen MR) is 74.8 cm³/mol. The molecule has 1 aromatic heterocycles. The van der Waals surface area contributed by atoms with Gasteiger partial charge in [0.2, 0.25) is 10.0 Å². The smallest absolute Gasteiger partial charge is 0.265 e. The Labute approximate surface area is 119 Å². The van der Waals surface area contributed by atoms with E-state index in [9.17, 15) is 17.6 Å². The Bertz CT molecular complexity index is 769. The lowest BCUT2D eigenvalue weighted by Gasteiger charge is -2.07. The van der Waals surface area contributed by atoms with Gasteiger partial charge in [-0.15, -0.1) is 11.3 Å². The van der Waals surface area contributed by atoms with Gasteiger partial charge in [-0.05, 0) is 37.3 Å². The summed E-state index contributed by atoms with van der Waals surface area (Å²) in [7, 11) is -3.95. The van der Waals surface area contributed by atoms with Crippen LogP contribution in [0.4, 0.5) is 10.1 Å². The fraction of sp³-hybridized carbons (Fsp3) is 0.0833. The maximum absolute atomic E-state index is 13.6. The highest BCUT2D eigenvalue weighted by Crippen LogP contribution is 2.21. The number of amides is 1. The highest BCUT2D eigenvalue weighted by molar-refractivity contribution is 7.89. The van der Waals surface area contributed by atoms with Crippen LogP contribution in [0.5, 0.6) is 0 Å². The van der Waals surface area contributed by atoms with Crippen LogP contribution in [0.1, 0.15) is 14.5 Å². The summed E-state index contributed by atoms with van der Waals surface area (Å²) in [6, 6.07) is 6.33. The van der Waals surface area contributed by atoms with Crippen molar-refractivity contribution in [3.8, 4) is 0 Å². The van der Waals surface area contributed by atoms with E-state index < -0.39 is 21.7 Å². The third-order valence-corrected chi connectivity index (χ3v) is 4.39. The van der Waals surface area contributed by atoms with Crippen LogP contribution >= 0.6 is 11.3 Å². The van der Waals surface area contributed by atoms with E-state index in [4.69, 9.17) is 5.14 Å². The number of benzene rings is 1. The van der Waals surface area contributed by atoms with Gasteiger partial charge in [0.05, 0.1) is 15.5 Å². The first-order chi connectivity index (χ1) is 9.27. The Hall–Kier alpha value is -1.77. The molecule has 5 nitrogen and oxygen atoms in total. The van der Waals surface area contributed by atoms with Crippen molar-refractivity contribution in [3.63, 3.8) is 0 Å². The first kappa shape index (κ1) is 14.6. The number of aryl methyl sites for hydroxylation is 1. The number of carbonyl (C=O) groups is 1. The van der Waals surface area contributed by atoms with Gasteiger partial charge in [-0.25, -0.2) is 17.9 Å². The van der Waals surface area contributed by atoms with Crippen molar-refractivity contribution in [3.05, 3.63) is 45.9 Å². The van der Waals surface area contributed by atoms with Crippen molar-refractivity contribution in [1.82, 2.24) is 0 Å². The molecule has 3 N–H and O–H groups in total. The van der Waals surface area contributed by atoms with Crippen molar-refractivity contribution in [2.24, 2.45) is 5.14 Å². The SMILES string of the molecule is Cc1ccc(C(=O)Nc2cc(S(N)(=O)=O)ccc2F)s1. The lowest BCUT2D eigenvalue weighted by Crippen LogP contribution is -2.15. The number of nitrogens with one attached hydrogen (secondary N) is 1. The maximum Gasteiger partial charge on any atom is 0.265 e. The number of hydrogen-bond donors (Lipinski definition) is 2. The van der Waals surface area contributed by atoms with Crippen LogP contribution in [0.25, 0.3) is 0 Å². The standard InChI is InChI=1S/C12H11FN2O3S2/c1-7-2-5-11(19-7)12(16)15-10-6-8(20(14,17)18)3-4-9(10)13/h2-6H,1H3,(H,15,16)(H2,14,17,18). The molecular formula is C12H11FN2O3S2. The van der Waals surface area contributed by atoms with Crippen molar-refractivity contribution in [2.45, 2.75) is 11.8 Å².